The molecule has 34 N–H and O–H groups in total. The zero-order valence-electron chi connectivity index (χ0n) is 73.4. The highest BCUT2D eigenvalue weighted by atomic mass is 16.8. The van der Waals surface area contributed by atoms with Crippen LogP contribution in [0.1, 0.15) is 41.5 Å². The van der Waals surface area contributed by atoms with Crippen molar-refractivity contribution in [2.75, 3.05) is 66.1 Å². The third-order valence-corrected chi connectivity index (χ3v) is 25.0. The number of ether oxygens (including phenoxy) is 21. The van der Waals surface area contributed by atoms with Gasteiger partial charge in [-0.25, -0.2) is 0 Å². The number of nitrogens with one attached hydrogen (secondary N) is 5. The van der Waals surface area contributed by atoms with Gasteiger partial charge in [0, 0.05) is 34.6 Å². The van der Waals surface area contributed by atoms with Gasteiger partial charge in [0.2, 0.25) is 29.5 Å². The molecule has 1 unspecified atom stereocenters. The lowest BCUT2D eigenvalue weighted by atomic mass is 9.93. The number of rotatable bonds is 35. The van der Waals surface area contributed by atoms with Crippen LogP contribution in [0.15, 0.2) is 0 Å². The first-order chi connectivity index (χ1) is 64.3. The topological polar surface area (TPSA) is 926 Å². The van der Waals surface area contributed by atoms with Gasteiger partial charge in [-0.1, -0.05) is 0 Å². The van der Waals surface area contributed by atoms with Crippen LogP contribution >= 0.6 is 0 Å². The fourth-order valence-corrected chi connectivity index (χ4v) is 17.8. The Morgan fingerprint density at radius 3 is 0.875 bits per heavy atom. The van der Waals surface area contributed by atoms with Crippen LogP contribution in [0.3, 0.4) is 0 Å². The molecule has 11 fully saturated rings. The van der Waals surface area contributed by atoms with Gasteiger partial charge in [-0.05, 0) is 6.92 Å². The minimum atomic E-state index is -2.84. The molecule has 55 atom stereocenters. The average Bonchev–Trinajstić information content (AvgIpc) is 0.756. The van der Waals surface area contributed by atoms with Crippen LogP contribution in [0.25, 0.3) is 0 Å². The van der Waals surface area contributed by atoms with E-state index >= 15 is 0 Å². The van der Waals surface area contributed by atoms with Gasteiger partial charge >= 0.3 is 0 Å². The highest BCUT2D eigenvalue weighted by Gasteiger charge is 2.64. The summed E-state index contributed by atoms with van der Waals surface area (Å²) < 4.78 is 129. The van der Waals surface area contributed by atoms with Crippen molar-refractivity contribution in [2.45, 2.75) is 379 Å². The van der Waals surface area contributed by atoms with E-state index in [1.165, 1.54) is 6.92 Å². The van der Waals surface area contributed by atoms with E-state index in [2.05, 4.69) is 26.6 Å². The van der Waals surface area contributed by atoms with Crippen LogP contribution in [0.5, 0.6) is 0 Å². The second kappa shape index (κ2) is 48.8. The maximum atomic E-state index is 13.8. The molecule has 11 heterocycles. The number of hydrogen-bond acceptors (Lipinski definition) is 55. The highest BCUT2D eigenvalue weighted by molar-refractivity contribution is 5.75. The molecule has 0 saturated carbocycles. The monoisotopic (exact) mass is 1990 g/mol. The first-order valence-electron chi connectivity index (χ1n) is 43.5. The molecule has 11 rings (SSSR count). The van der Waals surface area contributed by atoms with E-state index in [-0.39, 0.29) is 0 Å². The molecule has 136 heavy (non-hydrogen) atoms. The lowest BCUT2D eigenvalue weighted by Gasteiger charge is -2.53. The summed E-state index contributed by atoms with van der Waals surface area (Å²) in [4.78, 5) is 65.9. The van der Waals surface area contributed by atoms with Gasteiger partial charge in [-0.2, -0.15) is 0 Å². The number of carbonyl (C=O) groups excluding carboxylic acids is 5. The number of hydrogen-bond donors (Lipinski definition) is 34. The molecule has 0 aromatic rings. The lowest BCUT2D eigenvalue weighted by Crippen LogP contribution is -2.72. The third-order valence-electron chi connectivity index (χ3n) is 25.0. The maximum absolute atomic E-state index is 13.8. The average molecular weight is 1990 g/mol. The number of carbonyl (C=O) groups is 5. The van der Waals surface area contributed by atoms with Gasteiger partial charge in [0.25, 0.3) is 0 Å². The molecule has 5 amide bonds. The smallest absolute Gasteiger partial charge is 0.217 e. The molecule has 786 valence electrons. The van der Waals surface area contributed by atoms with E-state index in [1.54, 1.807) is 0 Å². The predicted molar refractivity (Wildman–Crippen MR) is 419 cm³/mol. The summed E-state index contributed by atoms with van der Waals surface area (Å²) >= 11 is 0. The fraction of sp³-hybridized carbons (Fsp3) is 0.934. The summed E-state index contributed by atoms with van der Waals surface area (Å²) in [5.41, 5.74) is 0. The van der Waals surface area contributed by atoms with E-state index in [9.17, 15) is 172 Å². The van der Waals surface area contributed by atoms with E-state index in [1.807, 2.05) is 0 Å². The molecule has 0 bridgehead atoms. The molecule has 0 aliphatic carbocycles. The van der Waals surface area contributed by atoms with Crippen molar-refractivity contribution in [3.05, 3.63) is 0 Å². The maximum Gasteiger partial charge on any atom is 0.217 e. The van der Waals surface area contributed by atoms with Gasteiger partial charge in [0.05, 0.1) is 72.2 Å². The first-order valence-corrected chi connectivity index (χ1v) is 43.5. The van der Waals surface area contributed by atoms with Gasteiger partial charge in [-0.15, -0.1) is 0 Å². The van der Waals surface area contributed by atoms with Crippen molar-refractivity contribution < 1.29 is 272 Å². The van der Waals surface area contributed by atoms with Crippen molar-refractivity contribution in [3.8, 4) is 0 Å². The van der Waals surface area contributed by atoms with Crippen molar-refractivity contribution in [3.63, 3.8) is 0 Å². The Bertz CT molecular complexity index is 3760. The quantitative estimate of drug-likeness (QED) is 0.0280. The summed E-state index contributed by atoms with van der Waals surface area (Å²) in [6, 6.07) is -10.1. The minimum absolute atomic E-state index is 0.839. The van der Waals surface area contributed by atoms with Crippen LogP contribution in [-0.4, -0.2) is 581 Å². The van der Waals surface area contributed by atoms with Crippen molar-refractivity contribution in [1.29, 1.82) is 0 Å². The summed E-state index contributed by atoms with van der Waals surface area (Å²) in [5, 5.41) is 340. The van der Waals surface area contributed by atoms with Gasteiger partial charge in [0.1, 0.15) is 262 Å². The highest BCUT2D eigenvalue weighted by Crippen LogP contribution is 2.43. The summed E-state index contributed by atoms with van der Waals surface area (Å²) in [6.07, 6.45) is -110. The summed E-state index contributed by atoms with van der Waals surface area (Å²) in [6.45, 7) is -6.41. The molecule has 11 saturated heterocycles. The van der Waals surface area contributed by atoms with Crippen LogP contribution in [0.4, 0.5) is 0 Å². The van der Waals surface area contributed by atoms with Crippen LogP contribution < -0.4 is 26.6 Å². The number of aliphatic hydroxyl groups excluding tert-OH is 29. The van der Waals surface area contributed by atoms with E-state index in [0.29, 0.717) is 0 Å². The summed E-state index contributed by atoms with van der Waals surface area (Å²) in [7, 11) is 0. The molecule has 0 radical (unpaired) electrons. The molecule has 11 aliphatic heterocycles. The second-order valence-corrected chi connectivity index (χ2v) is 34.5. The third kappa shape index (κ3) is 24.6. The van der Waals surface area contributed by atoms with Crippen molar-refractivity contribution in [2.24, 2.45) is 0 Å². The second-order valence-electron chi connectivity index (χ2n) is 34.5. The molecule has 60 heteroatoms. The Balaban J connectivity index is 1.04. The molecule has 11 aliphatic rings. The molecule has 0 aromatic carbocycles. The fourth-order valence-electron chi connectivity index (χ4n) is 17.8. The Labute approximate surface area is 770 Å². The normalized spacial score (nSPS) is 49.2. The van der Waals surface area contributed by atoms with Gasteiger partial charge < -0.3 is 274 Å². The molecule has 0 aromatic heterocycles. The van der Waals surface area contributed by atoms with Crippen molar-refractivity contribution >= 4 is 29.5 Å². The Morgan fingerprint density at radius 2 is 0.456 bits per heavy atom. The molecular formula is C76H127N5O55. The van der Waals surface area contributed by atoms with E-state index in [0.717, 1.165) is 34.6 Å². The van der Waals surface area contributed by atoms with Crippen LogP contribution in [-0.2, 0) is 123 Å². The van der Waals surface area contributed by atoms with E-state index in [4.69, 9.17) is 99.5 Å². The Morgan fingerprint density at radius 1 is 0.206 bits per heavy atom. The largest absolute Gasteiger partial charge is 0.394 e. The standard InChI is InChI=1S/C76H127N5O55/c1-17-38(96)48(106)53(111)71(117-17)133-62-37(81-22(6)95)70(126-31(15-90)60(62)132-73-55(113)50(108)41(99)25(9-84)121-73)136-65-52(110)43(101)27(11-86)123-76(65)134-63-56(114)74(130-59-30(14-89)124-68(35(46(59)104)79-20(4)93)128-57-28(12-87)118-66(115)33(45(57)103)77-18(2)91)127-32(61(63)131-67-34(78-19(3)92)44(102)39(97)23(7-82)119-67)16-116-75-64(51(109)42(100)26(10-85)122-75)135-69-36(80-21(5)94)47(105)58(29(13-88)125-69)129-72-54(112)49(107)40(98)24(8-83)120-72/h17,23-76,82-90,96-115H,7-16H2,1-6H3,(H,77,91)(H,78,92)(H,79,93)(H,80,94)(H,81,95)/t17-,23+,24+,25+,26+,27+,28+,29+,30+,31+,32+,33+,34+,35+,36+,37+,38+,39+,40-,41-,42+,43+,44+,45+,46+,47+,48+,49-,50-,51-,52-,53-,54+,55+,56-,57+,58+,59+,60+,61+,62+,63+,64-,65-,66?,67-,68-,69-,70-,71-,72-,73-,74-,75-,76+/m0/s1. The molecule has 0 spiro atoms. The van der Waals surface area contributed by atoms with Gasteiger partial charge in [0.15, 0.2) is 69.2 Å². The van der Waals surface area contributed by atoms with Crippen LogP contribution in [0, 0.1) is 0 Å². The minimum Gasteiger partial charge on any atom is -0.394 e. The number of aliphatic hydroxyl groups is 29. The molecular weight excluding hydrogens is 1860 g/mol. The lowest BCUT2D eigenvalue weighted by molar-refractivity contribution is -0.411. The van der Waals surface area contributed by atoms with Crippen molar-refractivity contribution in [1.82, 2.24) is 26.6 Å². The first kappa shape index (κ1) is 112. The van der Waals surface area contributed by atoms with Gasteiger partial charge in [-0.3, -0.25) is 24.0 Å². The zero-order valence-corrected chi connectivity index (χ0v) is 73.4. The molecule has 60 nitrogen and oxygen atoms in total. The number of amides is 5. The Hall–Kier alpha value is -4.65. The predicted octanol–water partition coefficient (Wildman–Crippen LogP) is -23.2. The Kier molecular flexibility index (Phi) is 40.1. The zero-order chi connectivity index (χ0) is 100. The van der Waals surface area contributed by atoms with E-state index < -0.39 is 433 Å². The summed E-state index contributed by atoms with van der Waals surface area (Å²) in [5.74, 6) is -4.99. The van der Waals surface area contributed by atoms with Crippen LogP contribution in [0.2, 0.25) is 0 Å². The SMILES string of the molecule is CC(=O)N[C@H]1[C@H](O[C@H]2[C@H](O)[C@@H](NC(C)=O)C(O)O[C@@H]2CO)O[C@H](CO)[C@@H](O[C@@H]2O[C@H](CO[C@H]3O[C@H](CO)[C@@H](O)[C@H](O)[C@@H]3O[C@@H]3O[C@H](CO)[C@@H](O[C@@H]4O[C@H](CO)[C@H](O)[C@H](O)[C@H]4O)[C@H](O)[C@H]3NC(C)=O)[C@@H](O[C@@H]3O[C@H](CO)[C@@H](O)[C@H](O)[C@H]3NC(C)=O)[C@H](O[C@H]3O[C@H](CO)[C@@H](O)[C@H](O)[C@@H]3O[C@@H]3O[C@H](CO)[C@@H](O[C@@H]4O[C@H](CO)[C@H](O)[C@H](O)[C@H]4O)[C@H](O[C@@H]4O[C@@H](C)[C@@H](O)[C@@H](O)[C@@H]4O)[C@H]3NC(C)=O)[C@@H]2O)[C@@H]1O.